The normalized spacial score (nSPS) is 23.0. The maximum atomic E-state index is 9.38. The third kappa shape index (κ3) is 3.41. The molecule has 1 rings (SSSR count). The van der Waals surface area contributed by atoms with Crippen LogP contribution in [0.1, 0.15) is 26.2 Å². The molecule has 0 aliphatic carbocycles. The molecule has 0 spiro atoms. The molecule has 0 amide bonds. The van der Waals surface area contributed by atoms with Crippen LogP contribution < -0.4 is 5.73 Å². The minimum Gasteiger partial charge on any atom is -0.395 e. The fourth-order valence-corrected chi connectivity index (χ4v) is 2.20. The zero-order valence-corrected chi connectivity index (χ0v) is 9.85. The molecule has 2 atom stereocenters. The molecule has 0 aromatic heterocycles. The van der Waals surface area contributed by atoms with E-state index in [0.29, 0.717) is 6.04 Å². The quantitative estimate of drug-likeness (QED) is 0.689. The van der Waals surface area contributed by atoms with Gasteiger partial charge in [-0.15, -0.1) is 0 Å². The van der Waals surface area contributed by atoms with Gasteiger partial charge in [-0.05, 0) is 26.3 Å². The lowest BCUT2D eigenvalue weighted by atomic mass is 10.0. The van der Waals surface area contributed by atoms with E-state index < -0.39 is 0 Å². The van der Waals surface area contributed by atoms with E-state index in [2.05, 4.69) is 18.9 Å². The van der Waals surface area contributed by atoms with E-state index in [1.807, 2.05) is 0 Å². The fraction of sp³-hybridized carbons (Fsp3) is 1.00. The zero-order valence-electron chi connectivity index (χ0n) is 9.85. The largest absolute Gasteiger partial charge is 0.395 e. The van der Waals surface area contributed by atoms with Crippen molar-refractivity contribution in [2.45, 2.75) is 44.3 Å². The lowest BCUT2D eigenvalue weighted by molar-refractivity contribution is 0.0111. The summed E-state index contributed by atoms with van der Waals surface area (Å²) in [6, 6.07) is 0.648. The second kappa shape index (κ2) is 6.43. The predicted molar refractivity (Wildman–Crippen MR) is 60.7 cm³/mol. The lowest BCUT2D eigenvalue weighted by Crippen LogP contribution is -2.53. The fourth-order valence-electron chi connectivity index (χ4n) is 2.20. The molecule has 0 saturated carbocycles. The molecular formula is C11H24N2O2. The molecule has 2 unspecified atom stereocenters. The first-order chi connectivity index (χ1) is 7.20. The highest BCUT2D eigenvalue weighted by Crippen LogP contribution is 2.17. The SMILES string of the molecule is CCC(N)C(CO)N(C)C1CCOCC1. The van der Waals surface area contributed by atoms with E-state index in [1.165, 1.54) is 0 Å². The molecule has 4 nitrogen and oxygen atoms in total. The number of nitrogens with zero attached hydrogens (tertiary/aromatic N) is 1. The molecule has 1 heterocycles. The molecule has 15 heavy (non-hydrogen) atoms. The van der Waals surface area contributed by atoms with Gasteiger partial charge in [-0.25, -0.2) is 0 Å². The van der Waals surface area contributed by atoms with E-state index in [4.69, 9.17) is 10.5 Å². The first kappa shape index (κ1) is 12.9. The topological polar surface area (TPSA) is 58.7 Å². The van der Waals surface area contributed by atoms with Gasteiger partial charge in [0, 0.05) is 31.3 Å². The van der Waals surface area contributed by atoms with Gasteiger partial charge in [-0.2, -0.15) is 0 Å². The smallest absolute Gasteiger partial charge is 0.0601 e. The van der Waals surface area contributed by atoms with Gasteiger partial charge in [0.25, 0.3) is 0 Å². The van der Waals surface area contributed by atoms with Crippen molar-refractivity contribution in [3.05, 3.63) is 0 Å². The zero-order chi connectivity index (χ0) is 11.3. The summed E-state index contributed by atoms with van der Waals surface area (Å²) in [5.74, 6) is 0. The van der Waals surface area contributed by atoms with Crippen LogP contribution in [0, 0.1) is 0 Å². The average molecular weight is 216 g/mol. The number of rotatable bonds is 5. The number of nitrogens with two attached hydrogens (primary N) is 1. The maximum absolute atomic E-state index is 9.38. The number of aliphatic hydroxyl groups excluding tert-OH is 1. The minimum absolute atomic E-state index is 0.0582. The monoisotopic (exact) mass is 216 g/mol. The second-order valence-corrected chi connectivity index (χ2v) is 4.33. The number of likely N-dealkylation sites (N-methyl/N-ethyl adjacent to an activating group) is 1. The lowest BCUT2D eigenvalue weighted by Gasteiger charge is -2.38. The molecule has 3 N–H and O–H groups in total. The van der Waals surface area contributed by atoms with Gasteiger partial charge in [0.1, 0.15) is 0 Å². The molecule has 0 radical (unpaired) electrons. The Kier molecular flexibility index (Phi) is 5.53. The van der Waals surface area contributed by atoms with Gasteiger partial charge < -0.3 is 15.6 Å². The van der Waals surface area contributed by atoms with Crippen LogP contribution in [0.4, 0.5) is 0 Å². The maximum Gasteiger partial charge on any atom is 0.0601 e. The van der Waals surface area contributed by atoms with E-state index in [9.17, 15) is 5.11 Å². The molecule has 1 fully saturated rings. The molecular weight excluding hydrogens is 192 g/mol. The molecule has 4 heteroatoms. The van der Waals surface area contributed by atoms with Crippen LogP contribution in [-0.2, 0) is 4.74 Å². The van der Waals surface area contributed by atoms with Gasteiger partial charge in [0.2, 0.25) is 0 Å². The summed E-state index contributed by atoms with van der Waals surface area (Å²) in [7, 11) is 2.06. The minimum atomic E-state index is 0.0582. The van der Waals surface area contributed by atoms with Crippen molar-refractivity contribution in [2.75, 3.05) is 26.9 Å². The van der Waals surface area contributed by atoms with Crippen molar-refractivity contribution >= 4 is 0 Å². The molecule has 1 aliphatic heterocycles. The molecule has 0 aromatic carbocycles. The Hall–Kier alpha value is -0.160. The highest BCUT2D eigenvalue weighted by molar-refractivity contribution is 4.84. The van der Waals surface area contributed by atoms with Gasteiger partial charge in [-0.3, -0.25) is 4.90 Å². The Labute approximate surface area is 92.4 Å². The Morgan fingerprint density at radius 1 is 1.47 bits per heavy atom. The van der Waals surface area contributed by atoms with Crippen LogP contribution in [-0.4, -0.2) is 55.0 Å². The van der Waals surface area contributed by atoms with Crippen LogP contribution in [0.5, 0.6) is 0 Å². The summed E-state index contributed by atoms with van der Waals surface area (Å²) in [6.45, 7) is 3.86. The van der Waals surface area contributed by atoms with E-state index in [-0.39, 0.29) is 18.7 Å². The summed E-state index contributed by atoms with van der Waals surface area (Å²) >= 11 is 0. The second-order valence-electron chi connectivity index (χ2n) is 4.33. The van der Waals surface area contributed by atoms with Crippen molar-refractivity contribution in [1.29, 1.82) is 0 Å². The molecule has 0 bridgehead atoms. The first-order valence-electron chi connectivity index (χ1n) is 5.86. The van der Waals surface area contributed by atoms with Gasteiger partial charge in [0.15, 0.2) is 0 Å². The molecule has 0 aromatic rings. The first-order valence-corrected chi connectivity index (χ1v) is 5.86. The Bertz CT molecular complexity index is 172. The van der Waals surface area contributed by atoms with Crippen molar-refractivity contribution < 1.29 is 9.84 Å². The third-order valence-corrected chi connectivity index (χ3v) is 3.44. The molecule has 90 valence electrons. The van der Waals surface area contributed by atoms with Crippen LogP contribution >= 0.6 is 0 Å². The van der Waals surface area contributed by atoms with Crippen molar-refractivity contribution in [3.63, 3.8) is 0 Å². The van der Waals surface area contributed by atoms with Gasteiger partial charge in [0.05, 0.1) is 6.61 Å². The van der Waals surface area contributed by atoms with Crippen LogP contribution in [0.15, 0.2) is 0 Å². The Balaban J connectivity index is 2.50. The summed E-state index contributed by atoms with van der Waals surface area (Å²) < 4.78 is 5.33. The Morgan fingerprint density at radius 3 is 2.53 bits per heavy atom. The molecule has 1 aliphatic rings. The number of hydrogen-bond donors (Lipinski definition) is 2. The van der Waals surface area contributed by atoms with E-state index in [0.717, 1.165) is 32.5 Å². The van der Waals surface area contributed by atoms with Crippen LogP contribution in [0.2, 0.25) is 0 Å². The van der Waals surface area contributed by atoms with Crippen molar-refractivity contribution in [3.8, 4) is 0 Å². The van der Waals surface area contributed by atoms with Gasteiger partial charge in [-0.1, -0.05) is 6.92 Å². The van der Waals surface area contributed by atoms with Gasteiger partial charge >= 0.3 is 0 Å². The average Bonchev–Trinajstić information content (AvgIpc) is 2.30. The van der Waals surface area contributed by atoms with Crippen molar-refractivity contribution in [1.82, 2.24) is 4.90 Å². The number of ether oxygens (including phenoxy) is 1. The van der Waals surface area contributed by atoms with E-state index in [1.54, 1.807) is 0 Å². The summed E-state index contributed by atoms with van der Waals surface area (Å²) in [5, 5.41) is 9.38. The standard InChI is InChI=1S/C11H24N2O2/c1-3-10(12)11(8-14)13(2)9-4-6-15-7-5-9/h9-11,14H,3-8,12H2,1-2H3. The summed E-state index contributed by atoms with van der Waals surface area (Å²) in [4.78, 5) is 2.23. The highest BCUT2D eigenvalue weighted by atomic mass is 16.5. The summed E-state index contributed by atoms with van der Waals surface area (Å²) in [6.07, 6.45) is 2.99. The predicted octanol–water partition coefficient (Wildman–Crippen LogP) is 0.195. The summed E-state index contributed by atoms with van der Waals surface area (Å²) in [5.41, 5.74) is 6.00. The number of hydrogen-bond acceptors (Lipinski definition) is 4. The van der Waals surface area contributed by atoms with Crippen LogP contribution in [0.25, 0.3) is 0 Å². The van der Waals surface area contributed by atoms with E-state index >= 15 is 0 Å². The van der Waals surface area contributed by atoms with Crippen molar-refractivity contribution in [2.24, 2.45) is 5.73 Å². The molecule has 1 saturated heterocycles. The third-order valence-electron chi connectivity index (χ3n) is 3.44. The van der Waals surface area contributed by atoms with Crippen LogP contribution in [0.3, 0.4) is 0 Å². The number of aliphatic hydroxyl groups is 1. The highest BCUT2D eigenvalue weighted by Gasteiger charge is 2.27. The Morgan fingerprint density at radius 2 is 2.07 bits per heavy atom.